The summed E-state index contributed by atoms with van der Waals surface area (Å²) in [5.41, 5.74) is 0.983. The van der Waals surface area contributed by atoms with Crippen molar-refractivity contribution in [2.75, 3.05) is 18.1 Å². The number of morpholine rings is 1. The van der Waals surface area contributed by atoms with E-state index in [1.54, 1.807) is 31.2 Å². The first-order valence-electron chi connectivity index (χ1n) is 5.32. The number of anilines is 1. The predicted octanol–water partition coefficient (Wildman–Crippen LogP) is 0.630. The first-order chi connectivity index (χ1) is 8.11. The fourth-order valence-electron chi connectivity index (χ4n) is 1.81. The largest absolute Gasteiger partial charge is 0.389 e. The van der Waals surface area contributed by atoms with Gasteiger partial charge in [-0.1, -0.05) is 18.2 Å². The summed E-state index contributed by atoms with van der Waals surface area (Å²) < 4.78 is 4.84. The smallest absolute Gasteiger partial charge is 0.259 e. The standard InChI is InChI=1S/C12H13NO4/c1-8(14)9-4-2-3-5-10(9)13-11(15)6-17-7-12(13)16/h2-5,8,14H,6-7H2,1H3. The second-order valence-electron chi connectivity index (χ2n) is 3.85. The molecule has 0 aliphatic carbocycles. The number of hydrogen-bond acceptors (Lipinski definition) is 4. The number of amides is 2. The number of nitrogens with zero attached hydrogens (tertiary/aromatic N) is 1. The van der Waals surface area contributed by atoms with Gasteiger partial charge < -0.3 is 9.84 Å². The first-order valence-corrected chi connectivity index (χ1v) is 5.32. The van der Waals surface area contributed by atoms with Crippen LogP contribution in [0.3, 0.4) is 0 Å². The summed E-state index contributed by atoms with van der Waals surface area (Å²) >= 11 is 0. The fourth-order valence-corrected chi connectivity index (χ4v) is 1.81. The van der Waals surface area contributed by atoms with Crippen LogP contribution >= 0.6 is 0 Å². The number of para-hydroxylation sites is 1. The van der Waals surface area contributed by atoms with Gasteiger partial charge in [0.25, 0.3) is 11.8 Å². The highest BCUT2D eigenvalue weighted by Gasteiger charge is 2.30. The number of aliphatic hydroxyl groups excluding tert-OH is 1. The Morgan fingerprint density at radius 2 is 1.82 bits per heavy atom. The normalized spacial score (nSPS) is 18.4. The molecule has 1 N–H and O–H groups in total. The third kappa shape index (κ3) is 2.20. The Balaban J connectivity index is 2.44. The zero-order valence-electron chi connectivity index (χ0n) is 9.42. The molecule has 1 aromatic rings. The average Bonchev–Trinajstić information content (AvgIpc) is 2.29. The van der Waals surface area contributed by atoms with Gasteiger partial charge in [-0.2, -0.15) is 0 Å². The summed E-state index contributed by atoms with van der Waals surface area (Å²) in [6.45, 7) is 1.37. The lowest BCUT2D eigenvalue weighted by molar-refractivity contribution is -0.138. The van der Waals surface area contributed by atoms with Crippen LogP contribution in [0, 0.1) is 0 Å². The maximum atomic E-state index is 11.7. The van der Waals surface area contributed by atoms with Crippen LogP contribution in [-0.4, -0.2) is 30.1 Å². The SMILES string of the molecule is CC(O)c1ccccc1N1C(=O)COCC1=O. The maximum absolute atomic E-state index is 11.7. The zero-order valence-corrected chi connectivity index (χ0v) is 9.42. The van der Waals surface area contributed by atoms with Crippen molar-refractivity contribution in [3.05, 3.63) is 29.8 Å². The number of aliphatic hydroxyl groups is 1. The monoisotopic (exact) mass is 235 g/mol. The van der Waals surface area contributed by atoms with Gasteiger partial charge >= 0.3 is 0 Å². The minimum Gasteiger partial charge on any atom is -0.389 e. The maximum Gasteiger partial charge on any atom is 0.259 e. The Bertz CT molecular complexity index is 440. The molecule has 1 aliphatic heterocycles. The van der Waals surface area contributed by atoms with Gasteiger partial charge in [-0.15, -0.1) is 0 Å². The van der Waals surface area contributed by atoms with E-state index in [-0.39, 0.29) is 13.2 Å². The van der Waals surface area contributed by atoms with Gasteiger partial charge in [-0.05, 0) is 13.0 Å². The third-order valence-corrected chi connectivity index (χ3v) is 2.58. The molecule has 0 saturated carbocycles. The molecule has 2 rings (SSSR count). The van der Waals surface area contributed by atoms with E-state index in [2.05, 4.69) is 0 Å². The Hall–Kier alpha value is -1.72. The summed E-state index contributed by atoms with van der Waals surface area (Å²) in [5.74, 6) is -0.816. The number of carbonyl (C=O) groups is 2. The van der Waals surface area contributed by atoms with Crippen LogP contribution in [0.4, 0.5) is 5.69 Å². The molecule has 2 amide bonds. The molecule has 5 nitrogen and oxygen atoms in total. The van der Waals surface area contributed by atoms with E-state index in [1.165, 1.54) is 0 Å². The van der Waals surface area contributed by atoms with Crippen molar-refractivity contribution in [1.82, 2.24) is 0 Å². The number of ether oxygens (including phenoxy) is 1. The van der Waals surface area contributed by atoms with Gasteiger partial charge in [0.05, 0.1) is 11.8 Å². The summed E-state index contributed by atoms with van der Waals surface area (Å²) in [5, 5.41) is 9.63. The molecular weight excluding hydrogens is 222 g/mol. The van der Waals surface area contributed by atoms with Crippen molar-refractivity contribution < 1.29 is 19.4 Å². The second kappa shape index (κ2) is 4.65. The van der Waals surface area contributed by atoms with Crippen molar-refractivity contribution in [3.8, 4) is 0 Å². The summed E-state index contributed by atoms with van der Waals surface area (Å²) in [4.78, 5) is 24.4. The minimum absolute atomic E-state index is 0.111. The summed E-state index contributed by atoms with van der Waals surface area (Å²) in [6.07, 6.45) is -0.741. The molecule has 0 aromatic heterocycles. The van der Waals surface area contributed by atoms with E-state index >= 15 is 0 Å². The summed E-state index contributed by atoms with van der Waals surface area (Å²) in [6, 6.07) is 6.80. The highest BCUT2D eigenvalue weighted by Crippen LogP contribution is 2.27. The molecule has 0 bridgehead atoms. The predicted molar refractivity (Wildman–Crippen MR) is 60.4 cm³/mol. The number of benzene rings is 1. The van der Waals surface area contributed by atoms with Crippen LogP contribution in [0.2, 0.25) is 0 Å². The first kappa shape index (κ1) is 11.8. The van der Waals surface area contributed by atoms with Crippen LogP contribution in [-0.2, 0) is 14.3 Å². The Morgan fingerprint density at radius 3 is 2.41 bits per heavy atom. The lowest BCUT2D eigenvalue weighted by atomic mass is 10.1. The van der Waals surface area contributed by atoms with Gasteiger partial charge in [-0.25, -0.2) is 4.90 Å². The van der Waals surface area contributed by atoms with Crippen molar-refractivity contribution in [3.63, 3.8) is 0 Å². The molecule has 5 heteroatoms. The van der Waals surface area contributed by atoms with E-state index < -0.39 is 17.9 Å². The van der Waals surface area contributed by atoms with E-state index in [4.69, 9.17) is 4.74 Å². The van der Waals surface area contributed by atoms with Crippen LogP contribution < -0.4 is 4.90 Å². The highest BCUT2D eigenvalue weighted by molar-refractivity contribution is 6.17. The van der Waals surface area contributed by atoms with E-state index in [0.717, 1.165) is 4.90 Å². The molecule has 1 unspecified atom stereocenters. The van der Waals surface area contributed by atoms with E-state index in [0.29, 0.717) is 11.3 Å². The lowest BCUT2D eigenvalue weighted by Gasteiger charge is -2.27. The third-order valence-electron chi connectivity index (χ3n) is 2.58. The molecule has 1 fully saturated rings. The van der Waals surface area contributed by atoms with Crippen LogP contribution in [0.25, 0.3) is 0 Å². The number of hydrogen-bond donors (Lipinski definition) is 1. The Morgan fingerprint density at radius 1 is 1.24 bits per heavy atom. The highest BCUT2D eigenvalue weighted by atomic mass is 16.5. The van der Waals surface area contributed by atoms with Crippen molar-refractivity contribution in [2.24, 2.45) is 0 Å². The topological polar surface area (TPSA) is 66.8 Å². The van der Waals surface area contributed by atoms with Gasteiger partial charge in [0.2, 0.25) is 0 Å². The Labute approximate surface area is 98.6 Å². The minimum atomic E-state index is -0.741. The van der Waals surface area contributed by atoms with Crippen molar-refractivity contribution in [1.29, 1.82) is 0 Å². The number of carbonyl (C=O) groups excluding carboxylic acids is 2. The molecule has 1 saturated heterocycles. The molecule has 1 aromatic carbocycles. The molecule has 90 valence electrons. The molecular formula is C12H13NO4. The van der Waals surface area contributed by atoms with Gasteiger partial charge in [0.1, 0.15) is 13.2 Å². The molecule has 1 atom stereocenters. The molecule has 0 spiro atoms. The second-order valence-corrected chi connectivity index (χ2v) is 3.85. The van der Waals surface area contributed by atoms with Crippen LogP contribution in [0.15, 0.2) is 24.3 Å². The van der Waals surface area contributed by atoms with Crippen LogP contribution in [0.1, 0.15) is 18.6 Å². The fraction of sp³-hybridized carbons (Fsp3) is 0.333. The zero-order chi connectivity index (χ0) is 12.4. The average molecular weight is 235 g/mol. The lowest BCUT2D eigenvalue weighted by Crippen LogP contribution is -2.46. The molecule has 0 radical (unpaired) electrons. The van der Waals surface area contributed by atoms with Gasteiger partial charge in [0.15, 0.2) is 0 Å². The number of rotatable bonds is 2. The van der Waals surface area contributed by atoms with Crippen molar-refractivity contribution in [2.45, 2.75) is 13.0 Å². The van der Waals surface area contributed by atoms with Gasteiger partial charge in [0, 0.05) is 5.56 Å². The molecule has 17 heavy (non-hydrogen) atoms. The van der Waals surface area contributed by atoms with Crippen LogP contribution in [0.5, 0.6) is 0 Å². The molecule has 1 heterocycles. The van der Waals surface area contributed by atoms with Crippen molar-refractivity contribution >= 4 is 17.5 Å². The number of imide groups is 1. The van der Waals surface area contributed by atoms with E-state index in [9.17, 15) is 14.7 Å². The quantitative estimate of drug-likeness (QED) is 0.763. The molecule has 1 aliphatic rings. The van der Waals surface area contributed by atoms with Gasteiger partial charge in [-0.3, -0.25) is 9.59 Å². The summed E-state index contributed by atoms with van der Waals surface area (Å²) in [7, 11) is 0. The Kier molecular flexibility index (Phi) is 3.21. The van der Waals surface area contributed by atoms with E-state index in [1.807, 2.05) is 0 Å².